The normalized spacial score (nSPS) is 12.8. The molecule has 96 valence electrons. The van der Waals surface area contributed by atoms with Crippen molar-refractivity contribution in [2.24, 2.45) is 0 Å². The summed E-state index contributed by atoms with van der Waals surface area (Å²) in [6, 6.07) is 2.08. The topological polar surface area (TPSA) is 45.5 Å². The summed E-state index contributed by atoms with van der Waals surface area (Å²) in [7, 11) is 2.05. The Morgan fingerprint density at radius 1 is 1.65 bits per heavy atom. The molecule has 1 N–H and O–H groups in total. The molecule has 0 aliphatic rings. The van der Waals surface area contributed by atoms with E-state index in [-0.39, 0.29) is 11.1 Å². The first-order valence-corrected chi connectivity index (χ1v) is 6.15. The van der Waals surface area contributed by atoms with Crippen LogP contribution in [-0.4, -0.2) is 37.0 Å². The zero-order chi connectivity index (χ0) is 12.8. The van der Waals surface area contributed by atoms with Crippen molar-refractivity contribution in [2.45, 2.75) is 26.3 Å². The van der Waals surface area contributed by atoms with Gasteiger partial charge < -0.3 is 14.6 Å². The molecule has 1 atom stereocenters. The Bertz CT molecular complexity index is 365. The summed E-state index contributed by atoms with van der Waals surface area (Å²) in [5, 5.41) is 2.95. The Balaban J connectivity index is 2.32. The number of halogens is 1. The van der Waals surface area contributed by atoms with E-state index in [0.717, 1.165) is 13.0 Å². The zero-order valence-electron chi connectivity index (χ0n) is 10.5. The van der Waals surface area contributed by atoms with Crippen LogP contribution >= 0.6 is 11.6 Å². The third kappa shape index (κ3) is 4.06. The highest BCUT2D eigenvalue weighted by Crippen LogP contribution is 2.15. The molecule has 0 saturated heterocycles. The average molecular weight is 259 g/mol. The van der Waals surface area contributed by atoms with Gasteiger partial charge in [-0.1, -0.05) is 6.92 Å². The van der Waals surface area contributed by atoms with E-state index in [1.165, 1.54) is 6.26 Å². The molecular weight excluding hydrogens is 240 g/mol. The highest BCUT2D eigenvalue weighted by Gasteiger charge is 2.13. The number of furan rings is 1. The molecule has 5 heteroatoms. The lowest BCUT2D eigenvalue weighted by Crippen LogP contribution is -2.37. The van der Waals surface area contributed by atoms with Crippen LogP contribution in [0.3, 0.4) is 0 Å². The summed E-state index contributed by atoms with van der Waals surface area (Å²) in [6.07, 6.45) is 2.50. The minimum atomic E-state index is -0.193. The van der Waals surface area contributed by atoms with Gasteiger partial charge in [-0.25, -0.2) is 0 Å². The SMILES string of the molecule is CCC(C)N(C)CCNC(=O)c1ccoc1Cl. The van der Waals surface area contributed by atoms with Gasteiger partial charge in [0.2, 0.25) is 5.22 Å². The molecule has 1 unspecified atom stereocenters. The standard InChI is InChI=1S/C12H19ClN2O2/c1-4-9(2)15(3)7-6-14-12(16)10-5-8-17-11(10)13/h5,8-9H,4,6-7H2,1-3H3,(H,14,16). The number of likely N-dealkylation sites (N-methyl/N-ethyl adjacent to an activating group) is 1. The molecule has 17 heavy (non-hydrogen) atoms. The van der Waals surface area contributed by atoms with Gasteiger partial charge in [0, 0.05) is 19.1 Å². The van der Waals surface area contributed by atoms with Crippen LogP contribution in [0.25, 0.3) is 0 Å². The largest absolute Gasteiger partial charge is 0.452 e. The molecule has 0 aromatic carbocycles. The van der Waals surface area contributed by atoms with Crippen LogP contribution in [0, 0.1) is 0 Å². The number of amides is 1. The molecule has 4 nitrogen and oxygen atoms in total. The smallest absolute Gasteiger partial charge is 0.256 e. The van der Waals surface area contributed by atoms with Gasteiger partial charge in [0.05, 0.1) is 11.8 Å². The molecule has 1 rings (SSSR count). The van der Waals surface area contributed by atoms with E-state index in [0.29, 0.717) is 18.2 Å². The lowest BCUT2D eigenvalue weighted by Gasteiger charge is -2.23. The minimum absolute atomic E-state index is 0.137. The first-order valence-electron chi connectivity index (χ1n) is 5.77. The maximum Gasteiger partial charge on any atom is 0.256 e. The molecule has 1 aromatic heterocycles. The third-order valence-corrected chi connectivity index (χ3v) is 3.25. The molecule has 0 aliphatic heterocycles. The Hall–Kier alpha value is -1.00. The van der Waals surface area contributed by atoms with Crippen LogP contribution in [0.2, 0.25) is 5.22 Å². The lowest BCUT2D eigenvalue weighted by molar-refractivity contribution is 0.0947. The highest BCUT2D eigenvalue weighted by molar-refractivity contribution is 6.32. The maximum absolute atomic E-state index is 11.7. The number of rotatable bonds is 6. The van der Waals surface area contributed by atoms with Crippen molar-refractivity contribution in [3.63, 3.8) is 0 Å². The van der Waals surface area contributed by atoms with Crippen LogP contribution in [0.15, 0.2) is 16.7 Å². The van der Waals surface area contributed by atoms with Crippen molar-refractivity contribution in [2.75, 3.05) is 20.1 Å². The Morgan fingerprint density at radius 3 is 2.88 bits per heavy atom. The molecule has 0 fully saturated rings. The van der Waals surface area contributed by atoms with Gasteiger partial charge in [-0.2, -0.15) is 0 Å². The van der Waals surface area contributed by atoms with Crippen molar-refractivity contribution in [1.82, 2.24) is 10.2 Å². The Morgan fingerprint density at radius 2 is 2.35 bits per heavy atom. The Kier molecular flexibility index (Phi) is 5.51. The van der Waals surface area contributed by atoms with Crippen LogP contribution in [0.5, 0.6) is 0 Å². The number of carbonyl (C=O) groups excluding carboxylic acids is 1. The number of hydrogen-bond donors (Lipinski definition) is 1. The van der Waals surface area contributed by atoms with E-state index in [2.05, 4.69) is 24.1 Å². The fourth-order valence-corrected chi connectivity index (χ4v) is 1.63. The number of hydrogen-bond acceptors (Lipinski definition) is 3. The fourth-order valence-electron chi connectivity index (χ4n) is 1.43. The monoisotopic (exact) mass is 258 g/mol. The zero-order valence-corrected chi connectivity index (χ0v) is 11.3. The molecule has 0 aliphatic carbocycles. The van der Waals surface area contributed by atoms with Gasteiger partial charge >= 0.3 is 0 Å². The van der Waals surface area contributed by atoms with E-state index in [1.807, 2.05) is 7.05 Å². The molecular formula is C12H19ClN2O2. The second-order valence-electron chi connectivity index (χ2n) is 4.10. The molecule has 0 bridgehead atoms. The van der Waals surface area contributed by atoms with Crippen LogP contribution in [-0.2, 0) is 0 Å². The number of nitrogens with one attached hydrogen (secondary N) is 1. The van der Waals surface area contributed by atoms with Crippen molar-refractivity contribution >= 4 is 17.5 Å². The first kappa shape index (κ1) is 14.1. The highest BCUT2D eigenvalue weighted by atomic mass is 35.5. The molecule has 1 amide bonds. The molecule has 1 aromatic rings. The minimum Gasteiger partial charge on any atom is -0.452 e. The predicted molar refractivity (Wildman–Crippen MR) is 68.4 cm³/mol. The van der Waals surface area contributed by atoms with Crippen molar-refractivity contribution in [3.05, 3.63) is 23.1 Å². The van der Waals surface area contributed by atoms with Gasteiger partial charge in [0.15, 0.2) is 0 Å². The Labute approximate surface area is 107 Å². The van der Waals surface area contributed by atoms with E-state index < -0.39 is 0 Å². The summed E-state index contributed by atoms with van der Waals surface area (Å²) in [6.45, 7) is 5.72. The lowest BCUT2D eigenvalue weighted by atomic mass is 10.2. The van der Waals surface area contributed by atoms with Crippen molar-refractivity contribution < 1.29 is 9.21 Å². The van der Waals surface area contributed by atoms with Gasteiger partial charge in [-0.3, -0.25) is 4.79 Å². The molecule has 0 radical (unpaired) electrons. The van der Waals surface area contributed by atoms with E-state index in [4.69, 9.17) is 16.0 Å². The van der Waals surface area contributed by atoms with Gasteiger partial charge in [0.25, 0.3) is 5.91 Å². The fraction of sp³-hybridized carbons (Fsp3) is 0.583. The maximum atomic E-state index is 11.7. The van der Waals surface area contributed by atoms with Gasteiger partial charge in [-0.15, -0.1) is 0 Å². The van der Waals surface area contributed by atoms with E-state index >= 15 is 0 Å². The van der Waals surface area contributed by atoms with Gasteiger partial charge in [0.1, 0.15) is 0 Å². The van der Waals surface area contributed by atoms with Gasteiger partial charge in [-0.05, 0) is 38.1 Å². The summed E-state index contributed by atoms with van der Waals surface area (Å²) in [4.78, 5) is 13.9. The van der Waals surface area contributed by atoms with E-state index in [9.17, 15) is 4.79 Å². The number of carbonyl (C=O) groups is 1. The van der Waals surface area contributed by atoms with Crippen molar-refractivity contribution in [1.29, 1.82) is 0 Å². The third-order valence-electron chi connectivity index (χ3n) is 2.96. The average Bonchev–Trinajstić information content (AvgIpc) is 2.74. The summed E-state index contributed by atoms with van der Waals surface area (Å²) < 4.78 is 4.86. The predicted octanol–water partition coefficient (Wildman–Crippen LogP) is 2.39. The second kappa shape index (κ2) is 6.67. The van der Waals surface area contributed by atoms with E-state index in [1.54, 1.807) is 6.07 Å². The molecule has 0 spiro atoms. The molecule has 0 saturated carbocycles. The quantitative estimate of drug-likeness (QED) is 0.852. The summed E-state index contributed by atoms with van der Waals surface area (Å²) in [5.74, 6) is -0.193. The van der Waals surface area contributed by atoms with Crippen LogP contribution < -0.4 is 5.32 Å². The summed E-state index contributed by atoms with van der Waals surface area (Å²) >= 11 is 5.71. The van der Waals surface area contributed by atoms with Crippen LogP contribution in [0.4, 0.5) is 0 Å². The first-order chi connectivity index (χ1) is 8.06. The molecule has 1 heterocycles. The number of nitrogens with zero attached hydrogens (tertiary/aromatic N) is 1. The summed E-state index contributed by atoms with van der Waals surface area (Å²) in [5.41, 5.74) is 0.387. The van der Waals surface area contributed by atoms with Crippen molar-refractivity contribution in [3.8, 4) is 0 Å². The van der Waals surface area contributed by atoms with Crippen LogP contribution in [0.1, 0.15) is 30.6 Å². The second-order valence-corrected chi connectivity index (χ2v) is 4.45.